The van der Waals surface area contributed by atoms with E-state index in [1.807, 2.05) is 38.1 Å². The molecule has 1 aliphatic heterocycles. The summed E-state index contributed by atoms with van der Waals surface area (Å²) in [5.74, 6) is 0.117. The molecule has 9 heteroatoms. The lowest BCUT2D eigenvalue weighted by Gasteiger charge is -2.28. The summed E-state index contributed by atoms with van der Waals surface area (Å²) in [5.41, 5.74) is 1.49. The number of aliphatic hydroxyl groups is 1. The van der Waals surface area contributed by atoms with E-state index >= 15 is 0 Å². The zero-order valence-electron chi connectivity index (χ0n) is 18.5. The number of rotatable bonds is 7. The molecule has 3 heterocycles. The molecule has 2 aromatic heterocycles. The molecule has 3 N–H and O–H groups in total. The van der Waals surface area contributed by atoms with E-state index < -0.39 is 11.7 Å². The summed E-state index contributed by atoms with van der Waals surface area (Å²) in [5, 5.41) is 13.2. The molecule has 1 amide bonds. The van der Waals surface area contributed by atoms with Crippen LogP contribution in [-0.2, 0) is 0 Å². The Balaban J connectivity index is 1.46. The van der Waals surface area contributed by atoms with Crippen LogP contribution in [0.3, 0.4) is 0 Å². The molecule has 170 valence electrons. The van der Waals surface area contributed by atoms with Crippen molar-refractivity contribution in [3.05, 3.63) is 48.2 Å². The zero-order valence-corrected chi connectivity index (χ0v) is 18.5. The van der Waals surface area contributed by atoms with Crippen LogP contribution in [0.1, 0.15) is 30.6 Å². The Morgan fingerprint density at radius 3 is 2.91 bits per heavy atom. The first-order valence-electron chi connectivity index (χ1n) is 10.9. The van der Waals surface area contributed by atoms with Gasteiger partial charge in [0, 0.05) is 37.9 Å². The van der Waals surface area contributed by atoms with Gasteiger partial charge >= 0.3 is 0 Å². The van der Waals surface area contributed by atoms with Crippen LogP contribution in [0.15, 0.2) is 36.8 Å². The van der Waals surface area contributed by atoms with E-state index in [1.165, 1.54) is 6.07 Å². The molecule has 0 aliphatic carbocycles. The van der Waals surface area contributed by atoms with Crippen LogP contribution in [0.25, 0.3) is 11.0 Å². The number of carbonyl (C=O) groups is 1. The number of nitrogens with zero attached hydrogens (tertiary/aromatic N) is 4. The average Bonchev–Trinajstić information content (AvgIpc) is 3.46. The van der Waals surface area contributed by atoms with Gasteiger partial charge in [-0.1, -0.05) is 13.8 Å². The molecular weight excluding hydrogens is 411 g/mol. The third-order valence-electron chi connectivity index (χ3n) is 6.25. The Hall–Kier alpha value is -3.20. The summed E-state index contributed by atoms with van der Waals surface area (Å²) in [7, 11) is 1.87. The number of halogens is 1. The monoisotopic (exact) mass is 440 g/mol. The Morgan fingerprint density at radius 1 is 1.38 bits per heavy atom. The number of benzene rings is 1. The lowest BCUT2D eigenvalue weighted by molar-refractivity contribution is 0.0896. The maximum Gasteiger partial charge on any atom is 0.251 e. The highest BCUT2D eigenvalue weighted by atomic mass is 19.1. The van der Waals surface area contributed by atoms with Crippen LogP contribution in [0.5, 0.6) is 0 Å². The average molecular weight is 441 g/mol. The number of H-pyrrole nitrogens is 1. The van der Waals surface area contributed by atoms with Gasteiger partial charge in [-0.05, 0) is 36.6 Å². The van der Waals surface area contributed by atoms with Crippen LogP contribution in [-0.4, -0.2) is 64.8 Å². The highest BCUT2D eigenvalue weighted by molar-refractivity contribution is 5.94. The largest absolute Gasteiger partial charge is 0.394 e. The molecule has 1 aromatic carbocycles. The lowest BCUT2D eigenvalue weighted by atomic mass is 10.0. The Labute approximate surface area is 186 Å². The number of hydrogen-bond acceptors (Lipinski definition) is 6. The van der Waals surface area contributed by atoms with Crippen molar-refractivity contribution in [2.75, 3.05) is 36.5 Å². The maximum absolute atomic E-state index is 15.0. The first-order chi connectivity index (χ1) is 15.4. The zero-order chi connectivity index (χ0) is 22.8. The second kappa shape index (κ2) is 9.12. The van der Waals surface area contributed by atoms with Crippen LogP contribution in [0.2, 0.25) is 0 Å². The predicted octanol–water partition coefficient (Wildman–Crippen LogP) is 2.56. The molecule has 0 saturated carbocycles. The van der Waals surface area contributed by atoms with Crippen LogP contribution < -0.4 is 15.1 Å². The standard InChI is InChI=1S/C23H29FN6O2/c1-14(2)19(12-31)28-23(32)15-4-5-20(18(24)10-15)29(3)16-7-9-30(11-16)22-17-6-8-25-21(17)26-13-27-22/h4-6,8,10,13-14,16,19,31H,7,9,11-12H2,1-3H3,(H,28,32)(H,25,26,27)/t16-,19+/m1/s1. The van der Waals surface area contributed by atoms with Gasteiger partial charge in [0.05, 0.1) is 23.7 Å². The fraction of sp³-hybridized carbons (Fsp3) is 0.435. The van der Waals surface area contributed by atoms with E-state index in [2.05, 4.69) is 25.2 Å². The third-order valence-corrected chi connectivity index (χ3v) is 6.25. The smallest absolute Gasteiger partial charge is 0.251 e. The molecule has 8 nitrogen and oxygen atoms in total. The summed E-state index contributed by atoms with van der Waals surface area (Å²) in [6.07, 6.45) is 4.26. The first-order valence-corrected chi connectivity index (χ1v) is 10.9. The minimum absolute atomic E-state index is 0.0758. The molecule has 32 heavy (non-hydrogen) atoms. The molecule has 1 aliphatic rings. The van der Waals surface area contributed by atoms with Crippen molar-refractivity contribution in [1.29, 1.82) is 0 Å². The van der Waals surface area contributed by atoms with Gasteiger partial charge in [-0.3, -0.25) is 4.79 Å². The van der Waals surface area contributed by atoms with E-state index in [0.29, 0.717) is 12.2 Å². The molecule has 4 rings (SSSR count). The van der Waals surface area contributed by atoms with Crippen molar-refractivity contribution < 1.29 is 14.3 Å². The quantitative estimate of drug-likeness (QED) is 0.523. The Kier molecular flexibility index (Phi) is 6.27. The van der Waals surface area contributed by atoms with Crippen LogP contribution in [0.4, 0.5) is 15.9 Å². The number of anilines is 2. The summed E-state index contributed by atoms with van der Waals surface area (Å²) < 4.78 is 15.0. The van der Waals surface area contributed by atoms with Crippen molar-refractivity contribution in [3.63, 3.8) is 0 Å². The van der Waals surface area contributed by atoms with Gasteiger partial charge in [-0.15, -0.1) is 0 Å². The van der Waals surface area contributed by atoms with Gasteiger partial charge in [-0.25, -0.2) is 14.4 Å². The summed E-state index contributed by atoms with van der Waals surface area (Å²) in [4.78, 5) is 28.4. The molecule has 2 atom stereocenters. The van der Waals surface area contributed by atoms with Crippen molar-refractivity contribution >= 4 is 28.4 Å². The molecule has 3 aromatic rings. The molecule has 0 spiro atoms. The molecule has 1 saturated heterocycles. The van der Waals surface area contributed by atoms with Gasteiger partial charge in [0.1, 0.15) is 23.6 Å². The van der Waals surface area contributed by atoms with Crippen molar-refractivity contribution in [2.24, 2.45) is 5.92 Å². The molecule has 0 bridgehead atoms. The highest BCUT2D eigenvalue weighted by Crippen LogP contribution is 2.29. The predicted molar refractivity (Wildman–Crippen MR) is 122 cm³/mol. The van der Waals surface area contributed by atoms with Gasteiger partial charge in [-0.2, -0.15) is 0 Å². The Bertz CT molecular complexity index is 1100. The highest BCUT2D eigenvalue weighted by Gasteiger charge is 2.29. The molecule has 1 fully saturated rings. The summed E-state index contributed by atoms with van der Waals surface area (Å²) >= 11 is 0. The normalized spacial score (nSPS) is 17.2. The fourth-order valence-corrected chi connectivity index (χ4v) is 4.17. The van der Waals surface area contributed by atoms with E-state index in [0.717, 1.165) is 29.8 Å². The number of amides is 1. The summed E-state index contributed by atoms with van der Waals surface area (Å²) in [6.45, 7) is 5.18. The number of nitrogens with one attached hydrogen (secondary N) is 2. The number of hydrogen-bond donors (Lipinski definition) is 3. The lowest BCUT2D eigenvalue weighted by Crippen LogP contribution is -2.41. The minimum Gasteiger partial charge on any atom is -0.394 e. The van der Waals surface area contributed by atoms with E-state index in [9.17, 15) is 14.3 Å². The molecular formula is C23H29FN6O2. The van der Waals surface area contributed by atoms with Crippen LogP contribution >= 0.6 is 0 Å². The SMILES string of the molecule is CC(C)[C@H](CO)NC(=O)c1ccc(N(C)[C@@H]2CCN(c3ncnc4[nH]ccc34)C2)c(F)c1. The second-order valence-electron chi connectivity index (χ2n) is 8.61. The second-order valence-corrected chi connectivity index (χ2v) is 8.61. The number of aromatic amines is 1. The Morgan fingerprint density at radius 2 is 2.19 bits per heavy atom. The fourth-order valence-electron chi connectivity index (χ4n) is 4.17. The third kappa shape index (κ3) is 4.25. The number of aromatic nitrogens is 3. The van der Waals surface area contributed by atoms with Gasteiger partial charge in [0.2, 0.25) is 0 Å². The van der Waals surface area contributed by atoms with E-state index in [1.54, 1.807) is 18.5 Å². The van der Waals surface area contributed by atoms with E-state index in [4.69, 9.17) is 0 Å². The minimum atomic E-state index is -0.446. The van der Waals surface area contributed by atoms with Crippen LogP contribution in [0, 0.1) is 11.7 Å². The van der Waals surface area contributed by atoms with Gasteiger partial charge < -0.3 is 25.2 Å². The van der Waals surface area contributed by atoms with Crippen molar-refractivity contribution in [1.82, 2.24) is 20.3 Å². The molecule has 0 radical (unpaired) electrons. The van der Waals surface area contributed by atoms with Crippen molar-refractivity contribution in [2.45, 2.75) is 32.4 Å². The summed E-state index contributed by atoms with van der Waals surface area (Å²) in [6, 6.07) is 6.23. The number of aliphatic hydroxyl groups excluding tert-OH is 1. The van der Waals surface area contributed by atoms with Crippen molar-refractivity contribution in [3.8, 4) is 0 Å². The molecule has 0 unspecified atom stereocenters. The number of carbonyl (C=O) groups excluding carboxylic acids is 1. The van der Waals surface area contributed by atoms with E-state index in [-0.39, 0.29) is 30.2 Å². The van der Waals surface area contributed by atoms with Gasteiger partial charge in [0.15, 0.2) is 0 Å². The topological polar surface area (TPSA) is 97.4 Å². The number of likely N-dealkylation sites (N-methyl/N-ethyl adjacent to an activating group) is 1. The van der Waals surface area contributed by atoms with Gasteiger partial charge in [0.25, 0.3) is 5.91 Å². The number of fused-ring (bicyclic) bond motifs is 1. The first kappa shape index (κ1) is 22.0. The maximum atomic E-state index is 15.0.